The zero-order chi connectivity index (χ0) is 10.6. The fraction of sp³-hybridized carbons (Fsp3) is 0.600. The predicted molar refractivity (Wildman–Crippen MR) is 59.0 cm³/mol. The Morgan fingerprint density at radius 2 is 2.07 bits per heavy atom. The number of anilines is 2. The Morgan fingerprint density at radius 3 is 2.50 bits per heavy atom. The van der Waals surface area contributed by atoms with E-state index in [1.54, 1.807) is 6.07 Å². The predicted octanol–water partition coefficient (Wildman–Crippen LogP) is 1.91. The van der Waals surface area contributed by atoms with Gasteiger partial charge in [0, 0.05) is 6.04 Å². The van der Waals surface area contributed by atoms with Gasteiger partial charge >= 0.3 is 0 Å². The highest BCUT2D eigenvalue weighted by molar-refractivity contribution is 5.39. The molecule has 1 aromatic heterocycles. The molecule has 0 aliphatic heterocycles. The number of aromatic nitrogens is 2. The van der Waals surface area contributed by atoms with E-state index in [2.05, 4.69) is 36.3 Å². The van der Waals surface area contributed by atoms with Crippen molar-refractivity contribution in [1.82, 2.24) is 10.2 Å². The van der Waals surface area contributed by atoms with Crippen molar-refractivity contribution in [3.8, 4) is 0 Å². The highest BCUT2D eigenvalue weighted by Gasteiger charge is 2.10. The molecule has 1 aromatic rings. The molecular formula is C10H18N4. The Hall–Kier alpha value is -1.32. The van der Waals surface area contributed by atoms with Crippen LogP contribution in [0.5, 0.6) is 0 Å². The van der Waals surface area contributed by atoms with Crippen LogP contribution in [0, 0.1) is 5.92 Å². The number of nitrogens with zero attached hydrogens (tertiary/aromatic N) is 2. The number of hydrogen-bond acceptors (Lipinski definition) is 4. The lowest BCUT2D eigenvalue weighted by atomic mass is 10.0. The zero-order valence-electron chi connectivity index (χ0n) is 8.99. The monoisotopic (exact) mass is 194 g/mol. The molecule has 0 saturated heterocycles. The number of nitrogens with two attached hydrogens (primary N) is 1. The molecule has 3 N–H and O–H groups in total. The van der Waals surface area contributed by atoms with Gasteiger partial charge < -0.3 is 11.1 Å². The van der Waals surface area contributed by atoms with E-state index < -0.39 is 0 Å². The van der Waals surface area contributed by atoms with Gasteiger partial charge in [0.15, 0.2) is 0 Å². The molecule has 1 heterocycles. The van der Waals surface area contributed by atoms with Gasteiger partial charge in [-0.3, -0.25) is 0 Å². The van der Waals surface area contributed by atoms with Crippen LogP contribution in [0.4, 0.5) is 11.6 Å². The summed E-state index contributed by atoms with van der Waals surface area (Å²) < 4.78 is 0. The van der Waals surface area contributed by atoms with Crippen molar-refractivity contribution in [2.45, 2.75) is 33.2 Å². The molecule has 0 aliphatic carbocycles. The second-order valence-electron chi connectivity index (χ2n) is 3.75. The van der Waals surface area contributed by atoms with Crippen molar-refractivity contribution in [3.05, 3.63) is 12.1 Å². The second kappa shape index (κ2) is 4.79. The SMILES string of the molecule is CCC(Nc1ccc(N)nn1)C(C)C. The smallest absolute Gasteiger partial charge is 0.149 e. The van der Waals surface area contributed by atoms with Crippen molar-refractivity contribution in [1.29, 1.82) is 0 Å². The molecule has 0 fully saturated rings. The fourth-order valence-corrected chi connectivity index (χ4v) is 1.35. The Kier molecular flexibility index (Phi) is 3.68. The van der Waals surface area contributed by atoms with Crippen molar-refractivity contribution < 1.29 is 0 Å². The van der Waals surface area contributed by atoms with E-state index in [4.69, 9.17) is 5.73 Å². The van der Waals surface area contributed by atoms with Gasteiger partial charge in [-0.15, -0.1) is 10.2 Å². The first kappa shape index (κ1) is 10.8. The Labute approximate surface area is 84.9 Å². The second-order valence-corrected chi connectivity index (χ2v) is 3.75. The van der Waals surface area contributed by atoms with E-state index in [1.165, 1.54) is 0 Å². The molecule has 1 atom stereocenters. The summed E-state index contributed by atoms with van der Waals surface area (Å²) in [6, 6.07) is 4.04. The third kappa shape index (κ3) is 2.87. The molecule has 0 radical (unpaired) electrons. The van der Waals surface area contributed by atoms with Crippen molar-refractivity contribution in [2.24, 2.45) is 5.92 Å². The minimum Gasteiger partial charge on any atom is -0.382 e. The lowest BCUT2D eigenvalue weighted by molar-refractivity contribution is 0.509. The van der Waals surface area contributed by atoms with Gasteiger partial charge in [0.05, 0.1) is 0 Å². The van der Waals surface area contributed by atoms with E-state index in [1.807, 2.05) is 6.07 Å². The van der Waals surface area contributed by atoms with Crippen LogP contribution >= 0.6 is 0 Å². The first-order valence-corrected chi connectivity index (χ1v) is 4.99. The molecule has 78 valence electrons. The largest absolute Gasteiger partial charge is 0.382 e. The third-order valence-corrected chi connectivity index (χ3v) is 2.26. The van der Waals surface area contributed by atoms with Gasteiger partial charge in [0.1, 0.15) is 11.6 Å². The quantitative estimate of drug-likeness (QED) is 0.768. The molecule has 0 spiro atoms. The van der Waals surface area contributed by atoms with Gasteiger partial charge in [-0.2, -0.15) is 0 Å². The maximum absolute atomic E-state index is 5.45. The summed E-state index contributed by atoms with van der Waals surface area (Å²) >= 11 is 0. The Balaban J connectivity index is 2.63. The van der Waals surface area contributed by atoms with Crippen LogP contribution in [-0.2, 0) is 0 Å². The maximum atomic E-state index is 5.45. The molecule has 4 nitrogen and oxygen atoms in total. The molecule has 4 heteroatoms. The molecule has 1 unspecified atom stereocenters. The van der Waals surface area contributed by atoms with Crippen molar-refractivity contribution >= 4 is 11.6 Å². The maximum Gasteiger partial charge on any atom is 0.149 e. The molecule has 14 heavy (non-hydrogen) atoms. The van der Waals surface area contributed by atoms with E-state index in [-0.39, 0.29) is 0 Å². The Morgan fingerprint density at radius 1 is 1.36 bits per heavy atom. The lowest BCUT2D eigenvalue weighted by Crippen LogP contribution is -2.25. The summed E-state index contributed by atoms with van der Waals surface area (Å²) in [5, 5.41) is 11.1. The molecule has 1 rings (SSSR count). The van der Waals surface area contributed by atoms with Gasteiger partial charge in [0.25, 0.3) is 0 Å². The van der Waals surface area contributed by atoms with E-state index in [0.717, 1.165) is 12.2 Å². The standard InChI is InChI=1S/C10H18N4/c1-4-8(7(2)3)12-10-6-5-9(11)13-14-10/h5-8H,4H2,1-3H3,(H2,11,13)(H,12,14). The summed E-state index contributed by atoms with van der Waals surface area (Å²) in [5.74, 6) is 1.83. The summed E-state index contributed by atoms with van der Waals surface area (Å²) in [6.45, 7) is 6.53. The highest BCUT2D eigenvalue weighted by atomic mass is 15.2. The normalized spacial score (nSPS) is 12.9. The fourth-order valence-electron chi connectivity index (χ4n) is 1.35. The summed E-state index contributed by atoms with van der Waals surface area (Å²) in [6.07, 6.45) is 1.07. The van der Waals surface area contributed by atoms with Crippen molar-refractivity contribution in [3.63, 3.8) is 0 Å². The van der Waals surface area contributed by atoms with Crippen LogP contribution < -0.4 is 11.1 Å². The van der Waals surface area contributed by atoms with Crippen LogP contribution in [0.1, 0.15) is 27.2 Å². The molecule has 0 aliphatic rings. The molecule has 0 saturated carbocycles. The minimum absolute atomic E-state index is 0.438. The average molecular weight is 194 g/mol. The van der Waals surface area contributed by atoms with Crippen LogP contribution in [0.2, 0.25) is 0 Å². The number of nitrogen functional groups attached to an aromatic ring is 1. The number of nitrogens with one attached hydrogen (secondary N) is 1. The topological polar surface area (TPSA) is 63.8 Å². The third-order valence-electron chi connectivity index (χ3n) is 2.26. The molecule has 0 bridgehead atoms. The molecule has 0 amide bonds. The first-order valence-electron chi connectivity index (χ1n) is 4.99. The van der Waals surface area contributed by atoms with E-state index in [9.17, 15) is 0 Å². The lowest BCUT2D eigenvalue weighted by Gasteiger charge is -2.20. The van der Waals surface area contributed by atoms with Crippen LogP contribution in [0.25, 0.3) is 0 Å². The van der Waals surface area contributed by atoms with E-state index in [0.29, 0.717) is 17.8 Å². The Bertz CT molecular complexity index is 268. The average Bonchev–Trinajstić information content (AvgIpc) is 2.16. The first-order chi connectivity index (χ1) is 6.63. The van der Waals surface area contributed by atoms with Gasteiger partial charge in [-0.1, -0.05) is 20.8 Å². The van der Waals surface area contributed by atoms with Crippen molar-refractivity contribution in [2.75, 3.05) is 11.1 Å². The van der Waals surface area contributed by atoms with Crippen LogP contribution in [-0.4, -0.2) is 16.2 Å². The van der Waals surface area contributed by atoms with Crippen LogP contribution in [0.3, 0.4) is 0 Å². The van der Waals surface area contributed by atoms with Gasteiger partial charge in [-0.25, -0.2) is 0 Å². The van der Waals surface area contributed by atoms with E-state index >= 15 is 0 Å². The summed E-state index contributed by atoms with van der Waals surface area (Å²) in [5.41, 5.74) is 5.45. The summed E-state index contributed by atoms with van der Waals surface area (Å²) in [4.78, 5) is 0. The summed E-state index contributed by atoms with van der Waals surface area (Å²) in [7, 11) is 0. The minimum atomic E-state index is 0.438. The number of hydrogen-bond donors (Lipinski definition) is 2. The molecular weight excluding hydrogens is 176 g/mol. The zero-order valence-corrected chi connectivity index (χ0v) is 8.99. The van der Waals surface area contributed by atoms with Gasteiger partial charge in [-0.05, 0) is 24.5 Å². The number of rotatable bonds is 4. The van der Waals surface area contributed by atoms with Gasteiger partial charge in [0.2, 0.25) is 0 Å². The molecule has 0 aromatic carbocycles. The van der Waals surface area contributed by atoms with Crippen LogP contribution in [0.15, 0.2) is 12.1 Å². The highest BCUT2D eigenvalue weighted by Crippen LogP contribution is 2.12.